The van der Waals surface area contributed by atoms with E-state index in [9.17, 15) is 4.79 Å². The number of nitrogens with zero attached hydrogens (tertiary/aromatic N) is 3. The topological polar surface area (TPSA) is 46.8 Å². The number of ether oxygens (including phenoxy) is 1. The average Bonchev–Trinajstić information content (AvgIpc) is 2.98. The van der Waals surface area contributed by atoms with E-state index in [1.165, 1.54) is 16.9 Å². The molecule has 0 radical (unpaired) electrons. The van der Waals surface area contributed by atoms with Gasteiger partial charge in [-0.1, -0.05) is 41.2 Å². The lowest BCUT2D eigenvalue weighted by atomic mass is 10.2. The zero-order valence-corrected chi connectivity index (χ0v) is 15.5. The van der Waals surface area contributed by atoms with Gasteiger partial charge in [0, 0.05) is 5.69 Å². The molecule has 132 valence electrons. The highest BCUT2D eigenvalue weighted by Gasteiger charge is 2.15. The molecule has 2 aromatic carbocycles. The Morgan fingerprint density at radius 3 is 2.77 bits per heavy atom. The van der Waals surface area contributed by atoms with Gasteiger partial charge in [0.15, 0.2) is 4.80 Å². The van der Waals surface area contributed by atoms with Crippen LogP contribution in [0.3, 0.4) is 0 Å². The van der Waals surface area contributed by atoms with Crippen LogP contribution in [0.15, 0.2) is 58.3 Å². The highest BCUT2D eigenvalue weighted by molar-refractivity contribution is 7.07. The summed E-state index contributed by atoms with van der Waals surface area (Å²) in [6.07, 6.45) is 1.90. The largest absolute Gasteiger partial charge is 0.497 e. The minimum atomic E-state index is -0.00613. The predicted octanol–water partition coefficient (Wildman–Crippen LogP) is 2.11. The molecule has 1 aromatic heterocycles. The van der Waals surface area contributed by atoms with Gasteiger partial charge in [-0.3, -0.25) is 9.36 Å². The molecule has 0 bridgehead atoms. The number of fused-ring (bicyclic) bond motifs is 1. The fraction of sp³-hybridized carbons (Fsp3) is 0.200. The van der Waals surface area contributed by atoms with Crippen LogP contribution < -0.4 is 24.5 Å². The van der Waals surface area contributed by atoms with Crippen LogP contribution in [-0.2, 0) is 6.67 Å². The molecule has 1 aliphatic rings. The molecule has 4 rings (SSSR count). The molecular weight excluding hydrogens is 346 g/mol. The summed E-state index contributed by atoms with van der Waals surface area (Å²) in [5.41, 5.74) is 3.22. The van der Waals surface area contributed by atoms with Gasteiger partial charge < -0.3 is 9.64 Å². The summed E-state index contributed by atoms with van der Waals surface area (Å²) in [7, 11) is 1.64. The van der Waals surface area contributed by atoms with E-state index < -0.39 is 0 Å². The molecule has 6 heteroatoms. The molecular formula is C20H19N3O2S. The first-order chi connectivity index (χ1) is 12.6. The van der Waals surface area contributed by atoms with Crippen molar-refractivity contribution in [1.82, 2.24) is 4.57 Å². The van der Waals surface area contributed by atoms with E-state index in [-0.39, 0.29) is 5.56 Å². The Labute approximate surface area is 155 Å². The second kappa shape index (κ2) is 6.80. The number of anilines is 1. The second-order valence-corrected chi connectivity index (χ2v) is 7.23. The van der Waals surface area contributed by atoms with Crippen LogP contribution in [0, 0.1) is 6.92 Å². The van der Waals surface area contributed by atoms with E-state index in [1.54, 1.807) is 11.7 Å². The molecule has 3 aromatic rings. The molecule has 0 amide bonds. The number of aromatic nitrogens is 1. The van der Waals surface area contributed by atoms with Crippen molar-refractivity contribution in [2.45, 2.75) is 13.6 Å². The van der Waals surface area contributed by atoms with Gasteiger partial charge in [-0.25, -0.2) is 4.99 Å². The van der Waals surface area contributed by atoms with E-state index >= 15 is 0 Å². The lowest BCUT2D eigenvalue weighted by molar-refractivity contribution is 0.414. The second-order valence-electron chi connectivity index (χ2n) is 6.22. The number of thiazole rings is 1. The summed E-state index contributed by atoms with van der Waals surface area (Å²) < 4.78 is 7.67. The monoisotopic (exact) mass is 365 g/mol. The first-order valence-electron chi connectivity index (χ1n) is 8.35. The smallest absolute Gasteiger partial charge is 0.271 e. The van der Waals surface area contributed by atoms with Crippen molar-refractivity contribution in [2.75, 3.05) is 18.7 Å². The third kappa shape index (κ3) is 3.15. The highest BCUT2D eigenvalue weighted by atomic mass is 32.1. The Balaban J connectivity index is 1.70. The van der Waals surface area contributed by atoms with Gasteiger partial charge in [0.25, 0.3) is 5.56 Å². The van der Waals surface area contributed by atoms with E-state index in [0.29, 0.717) is 17.9 Å². The van der Waals surface area contributed by atoms with Crippen LogP contribution in [0.5, 0.6) is 5.75 Å². The fourth-order valence-corrected chi connectivity index (χ4v) is 3.88. The highest BCUT2D eigenvalue weighted by Crippen LogP contribution is 2.16. The van der Waals surface area contributed by atoms with Crippen molar-refractivity contribution in [3.8, 4) is 5.75 Å². The summed E-state index contributed by atoms with van der Waals surface area (Å²) in [6, 6.07) is 16.0. The molecule has 0 aliphatic carbocycles. The number of hydrogen-bond acceptors (Lipinski definition) is 5. The van der Waals surface area contributed by atoms with Crippen LogP contribution in [0.2, 0.25) is 0 Å². The zero-order valence-electron chi connectivity index (χ0n) is 14.7. The molecule has 0 atom stereocenters. The van der Waals surface area contributed by atoms with Crippen LogP contribution in [0.1, 0.15) is 11.1 Å². The van der Waals surface area contributed by atoms with Gasteiger partial charge in [0.1, 0.15) is 19.1 Å². The maximum Gasteiger partial charge on any atom is 0.271 e. The molecule has 0 spiro atoms. The van der Waals surface area contributed by atoms with Gasteiger partial charge in [0.05, 0.1) is 11.6 Å². The summed E-state index contributed by atoms with van der Waals surface area (Å²) in [5.74, 6) is 0.774. The number of benzene rings is 2. The standard InChI is InChI=1S/C20H19N3O2S/c1-14-6-8-16(9-7-14)22-12-21-20-23(13-22)19(24)18(26-20)11-15-4-3-5-17(10-15)25-2/h3-11H,12-13H2,1-2H3/b18-11-. The van der Waals surface area contributed by atoms with Gasteiger partial charge in [-0.05, 0) is 42.8 Å². The molecule has 0 fully saturated rings. The summed E-state index contributed by atoms with van der Waals surface area (Å²) in [6.45, 7) is 3.14. The third-order valence-corrected chi connectivity index (χ3v) is 5.41. The van der Waals surface area contributed by atoms with E-state index in [2.05, 4.69) is 41.1 Å². The van der Waals surface area contributed by atoms with Crippen molar-refractivity contribution in [2.24, 2.45) is 4.99 Å². The van der Waals surface area contributed by atoms with E-state index in [4.69, 9.17) is 4.74 Å². The Bertz CT molecular complexity index is 1110. The normalized spacial score (nSPS) is 14.1. The Morgan fingerprint density at radius 2 is 2.00 bits per heavy atom. The maximum atomic E-state index is 12.8. The van der Waals surface area contributed by atoms with Crippen LogP contribution >= 0.6 is 11.3 Å². The first-order valence-corrected chi connectivity index (χ1v) is 9.17. The summed E-state index contributed by atoms with van der Waals surface area (Å²) >= 11 is 1.43. The summed E-state index contributed by atoms with van der Waals surface area (Å²) in [5, 5.41) is 0. The van der Waals surface area contributed by atoms with Crippen LogP contribution in [0.25, 0.3) is 6.08 Å². The average molecular weight is 365 g/mol. The van der Waals surface area contributed by atoms with E-state index in [1.807, 2.05) is 30.3 Å². The molecule has 5 nitrogen and oxygen atoms in total. The minimum Gasteiger partial charge on any atom is -0.497 e. The van der Waals surface area contributed by atoms with Gasteiger partial charge >= 0.3 is 0 Å². The molecule has 2 heterocycles. The van der Waals surface area contributed by atoms with Gasteiger partial charge in [-0.15, -0.1) is 0 Å². The number of methoxy groups -OCH3 is 1. The Hall–Kier alpha value is -2.86. The number of hydrogen-bond donors (Lipinski definition) is 0. The van der Waals surface area contributed by atoms with Crippen LogP contribution in [-0.4, -0.2) is 18.3 Å². The number of aryl methyl sites for hydroxylation is 1. The lowest BCUT2D eigenvalue weighted by Gasteiger charge is -2.25. The van der Waals surface area contributed by atoms with E-state index in [0.717, 1.165) is 21.8 Å². The fourth-order valence-electron chi connectivity index (χ4n) is 2.91. The van der Waals surface area contributed by atoms with Crippen molar-refractivity contribution >= 4 is 23.1 Å². The maximum absolute atomic E-state index is 12.8. The first kappa shape index (κ1) is 16.6. The van der Waals surface area contributed by atoms with Crippen LogP contribution in [0.4, 0.5) is 5.69 Å². The van der Waals surface area contributed by atoms with Crippen molar-refractivity contribution < 1.29 is 4.74 Å². The predicted molar refractivity (Wildman–Crippen MR) is 104 cm³/mol. The minimum absolute atomic E-state index is 0.00613. The molecule has 0 saturated heterocycles. The molecule has 0 unspecified atom stereocenters. The van der Waals surface area contributed by atoms with Crippen molar-refractivity contribution in [3.05, 3.63) is 79.3 Å². The third-order valence-electron chi connectivity index (χ3n) is 4.37. The Morgan fingerprint density at radius 1 is 1.19 bits per heavy atom. The SMILES string of the molecule is COc1cccc(/C=c2\sc3n(c2=O)CN(c2ccc(C)cc2)CN=3)c1. The molecule has 1 aliphatic heterocycles. The van der Waals surface area contributed by atoms with Gasteiger partial charge in [0.2, 0.25) is 0 Å². The zero-order chi connectivity index (χ0) is 18.1. The lowest BCUT2D eigenvalue weighted by Crippen LogP contribution is -2.42. The molecule has 0 saturated carbocycles. The quantitative estimate of drug-likeness (QED) is 0.714. The molecule has 26 heavy (non-hydrogen) atoms. The Kier molecular flexibility index (Phi) is 4.34. The van der Waals surface area contributed by atoms with Gasteiger partial charge in [-0.2, -0.15) is 0 Å². The van der Waals surface area contributed by atoms with Crippen molar-refractivity contribution in [3.63, 3.8) is 0 Å². The molecule has 0 N–H and O–H groups in total. The summed E-state index contributed by atoms with van der Waals surface area (Å²) in [4.78, 5) is 20.3. The number of rotatable bonds is 3. The van der Waals surface area contributed by atoms with Crippen molar-refractivity contribution in [1.29, 1.82) is 0 Å².